The van der Waals surface area contributed by atoms with Crippen LogP contribution in [-0.2, 0) is 6.42 Å². The normalized spacial score (nSPS) is 21.2. The summed E-state index contributed by atoms with van der Waals surface area (Å²) in [7, 11) is 0. The van der Waals surface area contributed by atoms with E-state index < -0.39 is 0 Å². The van der Waals surface area contributed by atoms with Crippen LogP contribution in [0.5, 0.6) is 0 Å². The fraction of sp³-hybridized carbons (Fsp3) is 0.667. The number of hydrogen-bond acceptors (Lipinski definition) is 3. The van der Waals surface area contributed by atoms with Gasteiger partial charge in [0.05, 0.1) is 0 Å². The van der Waals surface area contributed by atoms with Crippen molar-refractivity contribution in [3.05, 3.63) is 20.8 Å². The van der Waals surface area contributed by atoms with Crippen LogP contribution in [0.3, 0.4) is 0 Å². The van der Waals surface area contributed by atoms with Crippen molar-refractivity contribution in [2.24, 2.45) is 0 Å². The summed E-state index contributed by atoms with van der Waals surface area (Å²) in [5, 5.41) is 9.25. The fourth-order valence-electron chi connectivity index (χ4n) is 2.07. The molecular weight excluding hydrogens is 284 g/mol. The molecule has 1 fully saturated rings. The lowest BCUT2D eigenvalue weighted by atomic mass is 10.1. The van der Waals surface area contributed by atoms with Gasteiger partial charge in [0.1, 0.15) is 0 Å². The minimum atomic E-state index is 0.698. The van der Waals surface area contributed by atoms with Crippen molar-refractivity contribution in [2.45, 2.75) is 31.7 Å². The molecule has 2 heterocycles. The standard InChI is InChI=1S/C12H19BrN2S/c13-10-7-12(16-9-10)4-6-14-8-11-3-1-2-5-15-11/h7,9,11,14-15H,1-6,8H2. The lowest BCUT2D eigenvalue weighted by Crippen LogP contribution is -2.42. The second-order valence-corrected chi connectivity index (χ2v) is 6.24. The average Bonchev–Trinajstić information content (AvgIpc) is 2.72. The van der Waals surface area contributed by atoms with Gasteiger partial charge in [-0.25, -0.2) is 0 Å². The van der Waals surface area contributed by atoms with Crippen molar-refractivity contribution in [1.29, 1.82) is 0 Å². The third-order valence-electron chi connectivity index (χ3n) is 2.97. The quantitative estimate of drug-likeness (QED) is 0.817. The average molecular weight is 303 g/mol. The van der Waals surface area contributed by atoms with Gasteiger partial charge < -0.3 is 10.6 Å². The van der Waals surface area contributed by atoms with Crippen molar-refractivity contribution in [3.63, 3.8) is 0 Å². The summed E-state index contributed by atoms with van der Waals surface area (Å²) in [6, 6.07) is 2.91. The Kier molecular flexibility index (Phi) is 5.29. The van der Waals surface area contributed by atoms with E-state index in [9.17, 15) is 0 Å². The van der Waals surface area contributed by atoms with Gasteiger partial charge in [0.15, 0.2) is 0 Å². The summed E-state index contributed by atoms with van der Waals surface area (Å²) in [6.07, 6.45) is 5.21. The monoisotopic (exact) mass is 302 g/mol. The largest absolute Gasteiger partial charge is 0.315 e. The summed E-state index contributed by atoms with van der Waals surface area (Å²) in [4.78, 5) is 1.45. The van der Waals surface area contributed by atoms with Crippen LogP contribution < -0.4 is 10.6 Å². The first-order valence-electron chi connectivity index (χ1n) is 6.01. The smallest absolute Gasteiger partial charge is 0.0285 e. The van der Waals surface area contributed by atoms with Gasteiger partial charge in [0.25, 0.3) is 0 Å². The van der Waals surface area contributed by atoms with E-state index in [2.05, 4.69) is 38.0 Å². The SMILES string of the molecule is Brc1csc(CCNCC2CCCCN2)c1. The van der Waals surface area contributed by atoms with Crippen molar-refractivity contribution in [1.82, 2.24) is 10.6 Å². The van der Waals surface area contributed by atoms with Gasteiger partial charge in [-0.2, -0.15) is 0 Å². The number of rotatable bonds is 5. The molecule has 1 aliphatic rings. The van der Waals surface area contributed by atoms with Gasteiger partial charge >= 0.3 is 0 Å². The Bertz CT molecular complexity index is 308. The van der Waals surface area contributed by atoms with Crippen LogP contribution in [0.2, 0.25) is 0 Å². The summed E-state index contributed by atoms with van der Waals surface area (Å²) in [5.74, 6) is 0. The van der Waals surface area contributed by atoms with Crippen LogP contribution in [0.4, 0.5) is 0 Å². The van der Waals surface area contributed by atoms with Gasteiger partial charge in [0.2, 0.25) is 0 Å². The first-order valence-corrected chi connectivity index (χ1v) is 7.69. The van der Waals surface area contributed by atoms with Gasteiger partial charge in [-0.3, -0.25) is 0 Å². The highest BCUT2D eigenvalue weighted by molar-refractivity contribution is 9.10. The third-order valence-corrected chi connectivity index (χ3v) is 4.73. The van der Waals surface area contributed by atoms with Crippen LogP contribution in [0, 0.1) is 0 Å². The molecule has 0 aliphatic carbocycles. The van der Waals surface area contributed by atoms with E-state index in [4.69, 9.17) is 0 Å². The maximum atomic E-state index is 3.55. The lowest BCUT2D eigenvalue weighted by molar-refractivity contribution is 0.384. The molecule has 1 unspecified atom stereocenters. The van der Waals surface area contributed by atoms with Crippen molar-refractivity contribution in [3.8, 4) is 0 Å². The molecule has 0 saturated carbocycles. The Labute approximate surface area is 110 Å². The Hall–Kier alpha value is 0.1000. The minimum absolute atomic E-state index is 0.698. The zero-order valence-corrected chi connectivity index (χ0v) is 11.9. The molecule has 1 aromatic heterocycles. The molecule has 4 heteroatoms. The molecule has 0 aromatic carbocycles. The second kappa shape index (κ2) is 6.74. The van der Waals surface area contributed by atoms with Gasteiger partial charge in [0, 0.05) is 33.9 Å². The fourth-order valence-corrected chi connectivity index (χ4v) is 3.53. The van der Waals surface area contributed by atoms with E-state index in [0.717, 1.165) is 19.5 Å². The van der Waals surface area contributed by atoms with Crippen LogP contribution in [0.15, 0.2) is 15.9 Å². The molecule has 1 aliphatic heterocycles. The van der Waals surface area contributed by atoms with Crippen LogP contribution in [0.1, 0.15) is 24.1 Å². The second-order valence-electron chi connectivity index (χ2n) is 4.33. The van der Waals surface area contributed by atoms with E-state index in [1.54, 1.807) is 0 Å². The topological polar surface area (TPSA) is 24.1 Å². The van der Waals surface area contributed by atoms with Gasteiger partial charge in [-0.15, -0.1) is 11.3 Å². The Morgan fingerprint density at radius 3 is 3.12 bits per heavy atom. The molecular formula is C12H19BrN2S. The number of halogens is 1. The molecule has 1 saturated heterocycles. The van der Waals surface area contributed by atoms with Crippen molar-refractivity contribution < 1.29 is 0 Å². The number of hydrogen-bond donors (Lipinski definition) is 2. The predicted octanol–water partition coefficient (Wildman–Crippen LogP) is 2.78. The van der Waals surface area contributed by atoms with E-state index in [1.807, 2.05) is 11.3 Å². The molecule has 0 bridgehead atoms. The molecule has 1 aromatic rings. The number of thiophene rings is 1. The number of nitrogens with one attached hydrogen (secondary N) is 2. The Morgan fingerprint density at radius 2 is 2.44 bits per heavy atom. The molecule has 1 atom stereocenters. The maximum absolute atomic E-state index is 3.55. The summed E-state index contributed by atoms with van der Waals surface area (Å²) < 4.78 is 1.21. The highest BCUT2D eigenvalue weighted by Gasteiger charge is 2.11. The molecule has 0 spiro atoms. The van der Waals surface area contributed by atoms with Crippen molar-refractivity contribution >= 4 is 27.3 Å². The van der Waals surface area contributed by atoms with Crippen LogP contribution in [-0.4, -0.2) is 25.7 Å². The van der Waals surface area contributed by atoms with E-state index in [-0.39, 0.29) is 0 Å². The van der Waals surface area contributed by atoms with Gasteiger partial charge in [-0.1, -0.05) is 6.42 Å². The first kappa shape index (κ1) is 12.6. The van der Waals surface area contributed by atoms with E-state index in [0.29, 0.717) is 6.04 Å². The minimum Gasteiger partial charge on any atom is -0.315 e. The highest BCUT2D eigenvalue weighted by Crippen LogP contribution is 2.19. The van der Waals surface area contributed by atoms with Crippen LogP contribution >= 0.6 is 27.3 Å². The molecule has 0 radical (unpaired) electrons. The zero-order valence-electron chi connectivity index (χ0n) is 9.47. The van der Waals surface area contributed by atoms with Crippen LogP contribution in [0.25, 0.3) is 0 Å². The molecule has 0 amide bonds. The number of piperidine rings is 1. The first-order chi connectivity index (χ1) is 7.84. The molecule has 2 rings (SSSR count). The maximum Gasteiger partial charge on any atom is 0.0285 e. The molecule has 90 valence electrons. The lowest BCUT2D eigenvalue weighted by Gasteiger charge is -2.23. The Balaban J connectivity index is 1.57. The highest BCUT2D eigenvalue weighted by atomic mass is 79.9. The van der Waals surface area contributed by atoms with E-state index in [1.165, 1.54) is 35.2 Å². The van der Waals surface area contributed by atoms with Gasteiger partial charge in [-0.05, 0) is 47.8 Å². The third kappa shape index (κ3) is 4.17. The van der Waals surface area contributed by atoms with Crippen molar-refractivity contribution in [2.75, 3.05) is 19.6 Å². The summed E-state index contributed by atoms with van der Waals surface area (Å²) >= 11 is 5.32. The molecule has 2 nitrogen and oxygen atoms in total. The zero-order chi connectivity index (χ0) is 11.2. The van der Waals surface area contributed by atoms with E-state index >= 15 is 0 Å². The predicted molar refractivity (Wildman–Crippen MR) is 74.2 cm³/mol. The summed E-state index contributed by atoms with van der Waals surface area (Å²) in [6.45, 7) is 3.40. The molecule has 16 heavy (non-hydrogen) atoms. The summed E-state index contributed by atoms with van der Waals surface area (Å²) in [5.41, 5.74) is 0. The molecule has 2 N–H and O–H groups in total. The Morgan fingerprint density at radius 1 is 1.50 bits per heavy atom.